The molecule has 3 amide bonds. The fourth-order valence-corrected chi connectivity index (χ4v) is 5.80. The Morgan fingerprint density at radius 1 is 0.732 bits per heavy atom. The molecule has 0 atom stereocenters. The third-order valence-electron chi connectivity index (χ3n) is 7.70. The van der Waals surface area contributed by atoms with Gasteiger partial charge in [0.15, 0.2) is 6.29 Å². The Morgan fingerprint density at radius 2 is 1.24 bits per heavy atom. The molecule has 1 aliphatic heterocycles. The van der Waals surface area contributed by atoms with Gasteiger partial charge in [-0.15, -0.1) is 0 Å². The molecule has 1 aliphatic rings. The number of carbonyl (C=O) groups is 6. The zero-order valence-electron chi connectivity index (χ0n) is 22.3. The summed E-state index contributed by atoms with van der Waals surface area (Å²) in [6.07, 6.45) is 0.683. The van der Waals surface area contributed by atoms with Crippen LogP contribution in [0.15, 0.2) is 48.5 Å². The standard InChI is InChI=1S/C31H22N2O8/c1-32(12-23(35)40-2)29(37)20-9-6-17-19-8-11-22-28-21(30(38)33(31(22)39)13-24(36)41-3)10-7-18(27(19)28)16-5-4-15(14-34)25(20)26(16)17/h4-11,14H,12-13H2,1-3H3. The summed E-state index contributed by atoms with van der Waals surface area (Å²) in [7, 11) is 3.90. The number of hydrogen-bond acceptors (Lipinski definition) is 8. The predicted octanol–water partition coefficient (Wildman–Crippen LogP) is 3.56. The quantitative estimate of drug-likeness (QED) is 0.103. The zero-order valence-corrected chi connectivity index (χ0v) is 22.3. The average molecular weight is 551 g/mol. The Kier molecular flexibility index (Phi) is 5.91. The molecule has 0 spiro atoms. The van der Waals surface area contributed by atoms with Gasteiger partial charge in [-0.1, -0.05) is 30.3 Å². The fourth-order valence-electron chi connectivity index (χ4n) is 5.80. The summed E-state index contributed by atoms with van der Waals surface area (Å²) in [5.41, 5.74) is 1.12. The minimum absolute atomic E-state index is 0.247. The second kappa shape index (κ2) is 9.37. The van der Waals surface area contributed by atoms with Gasteiger partial charge in [-0.05, 0) is 50.5 Å². The third-order valence-corrected chi connectivity index (χ3v) is 7.70. The molecule has 0 N–H and O–H groups in total. The molecule has 10 nitrogen and oxygen atoms in total. The Morgan fingerprint density at radius 3 is 1.78 bits per heavy atom. The van der Waals surface area contributed by atoms with Crippen molar-refractivity contribution in [3.8, 4) is 0 Å². The largest absolute Gasteiger partial charge is 0.468 e. The van der Waals surface area contributed by atoms with Crippen LogP contribution in [-0.2, 0) is 19.1 Å². The number of likely N-dealkylation sites (N-methyl/N-ethyl adjacent to an activating group) is 1. The Balaban J connectivity index is 1.66. The van der Waals surface area contributed by atoms with Gasteiger partial charge in [-0.25, -0.2) is 0 Å². The molecule has 0 unspecified atom stereocenters. The lowest BCUT2D eigenvalue weighted by molar-refractivity contribution is -0.141. The molecule has 0 aromatic heterocycles. The van der Waals surface area contributed by atoms with E-state index in [1.165, 1.54) is 26.2 Å². The topological polar surface area (TPSA) is 127 Å². The lowest BCUT2D eigenvalue weighted by atomic mass is 9.83. The van der Waals surface area contributed by atoms with Gasteiger partial charge in [0.1, 0.15) is 13.1 Å². The summed E-state index contributed by atoms with van der Waals surface area (Å²) in [6.45, 7) is -0.770. The normalized spacial score (nSPS) is 12.9. The van der Waals surface area contributed by atoms with E-state index in [0.717, 1.165) is 26.4 Å². The van der Waals surface area contributed by atoms with Crippen LogP contribution in [0.3, 0.4) is 0 Å². The van der Waals surface area contributed by atoms with Crippen LogP contribution in [0.1, 0.15) is 41.4 Å². The first kappa shape index (κ1) is 25.9. The molecule has 10 heteroatoms. The van der Waals surface area contributed by atoms with Crippen LogP contribution >= 0.6 is 0 Å². The van der Waals surface area contributed by atoms with Gasteiger partial charge in [0.2, 0.25) is 0 Å². The van der Waals surface area contributed by atoms with Crippen LogP contribution in [0.2, 0.25) is 0 Å². The monoisotopic (exact) mass is 550 g/mol. The fraction of sp³-hybridized carbons (Fsp3) is 0.161. The third kappa shape index (κ3) is 3.64. The minimum Gasteiger partial charge on any atom is -0.468 e. The molecular weight excluding hydrogens is 528 g/mol. The molecular formula is C31H22N2O8. The second-order valence-corrected chi connectivity index (χ2v) is 9.81. The van der Waals surface area contributed by atoms with E-state index >= 15 is 0 Å². The van der Waals surface area contributed by atoms with Crippen molar-refractivity contribution in [1.29, 1.82) is 0 Å². The zero-order chi connectivity index (χ0) is 29.2. The number of benzene rings is 5. The average Bonchev–Trinajstić information content (AvgIpc) is 2.99. The SMILES string of the molecule is COC(=O)CN(C)C(=O)c1ccc2c3ccc4c5c(ccc(c6ccc(C=O)c1c62)c53)C(=O)N(CC(=O)OC)C4=O. The maximum Gasteiger partial charge on any atom is 0.325 e. The van der Waals surface area contributed by atoms with Crippen molar-refractivity contribution in [2.45, 2.75) is 0 Å². The number of nitrogens with zero attached hydrogens (tertiary/aromatic N) is 2. The van der Waals surface area contributed by atoms with Crippen LogP contribution < -0.4 is 0 Å². The van der Waals surface area contributed by atoms with Crippen molar-refractivity contribution in [1.82, 2.24) is 9.80 Å². The van der Waals surface area contributed by atoms with E-state index in [4.69, 9.17) is 4.74 Å². The van der Waals surface area contributed by atoms with Gasteiger partial charge >= 0.3 is 11.9 Å². The number of amides is 3. The lowest BCUT2D eigenvalue weighted by Crippen LogP contribution is -2.43. The van der Waals surface area contributed by atoms with E-state index in [0.29, 0.717) is 33.4 Å². The minimum atomic E-state index is -0.713. The number of ether oxygens (including phenoxy) is 2. The number of carbonyl (C=O) groups excluding carboxylic acids is 6. The Bertz CT molecular complexity index is 1940. The highest BCUT2D eigenvalue weighted by atomic mass is 16.5. The van der Waals surface area contributed by atoms with Crippen LogP contribution in [-0.4, -0.2) is 80.1 Å². The molecule has 0 fully saturated rings. The van der Waals surface area contributed by atoms with Crippen LogP contribution in [0.5, 0.6) is 0 Å². The summed E-state index contributed by atoms with van der Waals surface area (Å²) >= 11 is 0. The van der Waals surface area contributed by atoms with Crippen LogP contribution in [0.25, 0.3) is 43.1 Å². The maximum absolute atomic E-state index is 13.5. The summed E-state index contributed by atoms with van der Waals surface area (Å²) in [6, 6.07) is 13.6. The first-order valence-electron chi connectivity index (χ1n) is 12.6. The summed E-state index contributed by atoms with van der Waals surface area (Å²) in [5, 5.41) is 5.17. The lowest BCUT2D eigenvalue weighted by Gasteiger charge is -2.28. The Labute approximate surface area is 232 Å². The number of esters is 2. The predicted molar refractivity (Wildman–Crippen MR) is 149 cm³/mol. The second-order valence-electron chi connectivity index (χ2n) is 9.81. The maximum atomic E-state index is 13.5. The first-order chi connectivity index (χ1) is 19.7. The van der Waals surface area contributed by atoms with Crippen molar-refractivity contribution >= 4 is 79.0 Å². The van der Waals surface area contributed by atoms with Crippen molar-refractivity contribution in [3.05, 3.63) is 70.8 Å². The molecule has 0 radical (unpaired) electrons. The highest BCUT2D eigenvalue weighted by molar-refractivity contribution is 6.39. The van der Waals surface area contributed by atoms with Gasteiger partial charge in [-0.2, -0.15) is 0 Å². The first-order valence-corrected chi connectivity index (χ1v) is 12.6. The number of methoxy groups -OCH3 is 2. The van der Waals surface area contributed by atoms with Crippen molar-refractivity contribution in [2.75, 3.05) is 34.4 Å². The molecule has 0 bridgehead atoms. The number of imide groups is 1. The molecule has 5 aromatic carbocycles. The molecule has 0 saturated carbocycles. The van der Waals surface area contributed by atoms with Crippen LogP contribution in [0, 0.1) is 0 Å². The molecule has 204 valence electrons. The smallest absolute Gasteiger partial charge is 0.325 e. The molecule has 41 heavy (non-hydrogen) atoms. The number of fused-ring (bicyclic) bond motifs is 2. The van der Waals surface area contributed by atoms with E-state index in [-0.39, 0.29) is 23.2 Å². The Hall–Kier alpha value is -5.38. The van der Waals surface area contributed by atoms with Crippen molar-refractivity contribution in [2.24, 2.45) is 0 Å². The van der Waals surface area contributed by atoms with Gasteiger partial charge < -0.3 is 14.4 Å². The number of hydrogen-bond donors (Lipinski definition) is 0. The van der Waals surface area contributed by atoms with E-state index in [9.17, 15) is 28.8 Å². The molecule has 1 heterocycles. The van der Waals surface area contributed by atoms with Crippen molar-refractivity contribution < 1.29 is 38.2 Å². The van der Waals surface area contributed by atoms with Gasteiger partial charge in [0.25, 0.3) is 17.7 Å². The van der Waals surface area contributed by atoms with Gasteiger partial charge in [0.05, 0.1) is 14.2 Å². The van der Waals surface area contributed by atoms with Gasteiger partial charge in [-0.3, -0.25) is 33.7 Å². The molecule has 5 aromatic rings. The molecule has 6 rings (SSSR count). The summed E-state index contributed by atoms with van der Waals surface area (Å²) < 4.78 is 9.36. The van der Waals surface area contributed by atoms with E-state index in [1.54, 1.807) is 48.5 Å². The van der Waals surface area contributed by atoms with Gasteiger partial charge in [0, 0.05) is 40.1 Å². The van der Waals surface area contributed by atoms with Crippen LogP contribution in [0.4, 0.5) is 0 Å². The van der Waals surface area contributed by atoms with E-state index < -0.39 is 36.2 Å². The molecule has 0 saturated heterocycles. The number of rotatable bonds is 6. The summed E-state index contributed by atoms with van der Waals surface area (Å²) in [5.74, 6) is -2.95. The highest BCUT2D eigenvalue weighted by Gasteiger charge is 2.35. The number of aldehydes is 1. The van der Waals surface area contributed by atoms with E-state index in [1.807, 2.05) is 0 Å². The molecule has 0 aliphatic carbocycles. The summed E-state index contributed by atoms with van der Waals surface area (Å²) in [4.78, 5) is 78.3. The van der Waals surface area contributed by atoms with Crippen molar-refractivity contribution in [3.63, 3.8) is 0 Å². The highest BCUT2D eigenvalue weighted by Crippen LogP contribution is 2.45. The van der Waals surface area contributed by atoms with E-state index in [2.05, 4.69) is 4.74 Å².